The average Bonchev–Trinajstić information content (AvgIpc) is 3.05. The molecule has 0 aliphatic rings. The number of carbonyl (C=O) groups excluding carboxylic acids is 1. The summed E-state index contributed by atoms with van der Waals surface area (Å²) in [6, 6.07) is 8.40. The Morgan fingerprint density at radius 1 is 1.28 bits per heavy atom. The maximum Gasteiger partial charge on any atom is 0.246 e. The number of benzene rings is 1. The predicted molar refractivity (Wildman–Crippen MR) is 85.0 cm³/mol. The van der Waals surface area contributed by atoms with Crippen LogP contribution in [0, 0.1) is 35.4 Å². The number of halogens is 1. The van der Waals surface area contributed by atoms with E-state index in [4.69, 9.17) is 10.5 Å². The van der Waals surface area contributed by atoms with Gasteiger partial charge in [-0.2, -0.15) is 15.3 Å². The number of aryl methyl sites for hydroxylation is 1. The van der Waals surface area contributed by atoms with Crippen molar-refractivity contribution in [3.8, 4) is 23.5 Å². The number of nitrogens with zero attached hydrogens (tertiary/aromatic N) is 7. The van der Waals surface area contributed by atoms with Gasteiger partial charge in [-0.1, -0.05) is 0 Å². The van der Waals surface area contributed by atoms with Gasteiger partial charge in [0, 0.05) is 18.7 Å². The van der Waals surface area contributed by atoms with E-state index < -0.39 is 0 Å². The first-order chi connectivity index (χ1) is 12.0. The largest absolute Gasteiger partial charge is 0.339 e. The number of tetrazole rings is 1. The molecule has 8 nitrogen and oxygen atoms in total. The first-order valence-electron chi connectivity index (χ1n) is 7.61. The maximum absolute atomic E-state index is 13.3. The molecule has 0 atom stereocenters. The molecular weight excluding hydrogens is 325 g/mol. The van der Waals surface area contributed by atoms with Crippen molar-refractivity contribution in [1.82, 2.24) is 25.1 Å². The number of amides is 1. The van der Waals surface area contributed by atoms with Crippen LogP contribution in [0.3, 0.4) is 0 Å². The molecular formula is C16H16FN7O. The molecule has 25 heavy (non-hydrogen) atoms. The second-order valence-electron chi connectivity index (χ2n) is 5.30. The SMILES string of the molecule is Cc1cc(-c2nnn(CC(=O)N(CCC#N)CCC#N)n2)ccc1F. The molecule has 1 amide bonds. The van der Waals surface area contributed by atoms with E-state index in [9.17, 15) is 9.18 Å². The van der Waals surface area contributed by atoms with Crippen LogP contribution in [0.15, 0.2) is 18.2 Å². The van der Waals surface area contributed by atoms with Crippen LogP contribution in [0.4, 0.5) is 4.39 Å². The lowest BCUT2D eigenvalue weighted by Crippen LogP contribution is -2.35. The molecule has 0 spiro atoms. The molecule has 2 aromatic rings. The number of rotatable bonds is 7. The lowest BCUT2D eigenvalue weighted by Gasteiger charge is -2.19. The Hall–Kier alpha value is -3.33. The van der Waals surface area contributed by atoms with E-state index >= 15 is 0 Å². The molecule has 1 aromatic heterocycles. The van der Waals surface area contributed by atoms with Crippen molar-refractivity contribution in [3.05, 3.63) is 29.6 Å². The summed E-state index contributed by atoms with van der Waals surface area (Å²) in [5, 5.41) is 29.2. The third-order valence-corrected chi connectivity index (χ3v) is 3.49. The van der Waals surface area contributed by atoms with E-state index in [-0.39, 0.29) is 50.0 Å². The van der Waals surface area contributed by atoms with Gasteiger partial charge in [0.25, 0.3) is 0 Å². The lowest BCUT2D eigenvalue weighted by molar-refractivity contribution is -0.132. The minimum absolute atomic E-state index is 0.149. The molecule has 0 fully saturated rings. The summed E-state index contributed by atoms with van der Waals surface area (Å²) in [5.41, 5.74) is 1.06. The van der Waals surface area contributed by atoms with E-state index in [1.54, 1.807) is 13.0 Å². The average molecular weight is 341 g/mol. The second-order valence-corrected chi connectivity index (χ2v) is 5.30. The second kappa shape index (κ2) is 8.50. The van der Waals surface area contributed by atoms with Crippen LogP contribution in [-0.4, -0.2) is 44.1 Å². The van der Waals surface area contributed by atoms with E-state index in [0.717, 1.165) is 4.80 Å². The summed E-state index contributed by atoms with van der Waals surface area (Å²) in [6.45, 7) is 1.98. The van der Waals surface area contributed by atoms with Gasteiger partial charge >= 0.3 is 0 Å². The third kappa shape index (κ3) is 4.82. The Labute approximate surface area is 144 Å². The van der Waals surface area contributed by atoms with Gasteiger partial charge in [0.2, 0.25) is 11.7 Å². The number of hydrogen-bond donors (Lipinski definition) is 0. The zero-order chi connectivity index (χ0) is 18.2. The number of carbonyl (C=O) groups is 1. The summed E-state index contributed by atoms with van der Waals surface area (Å²) in [7, 11) is 0. The highest BCUT2D eigenvalue weighted by molar-refractivity contribution is 5.75. The summed E-state index contributed by atoms with van der Waals surface area (Å²) in [6.07, 6.45) is 0.365. The van der Waals surface area contributed by atoms with Crippen molar-refractivity contribution in [2.45, 2.75) is 26.3 Å². The highest BCUT2D eigenvalue weighted by Gasteiger charge is 2.16. The molecule has 0 radical (unpaired) electrons. The summed E-state index contributed by atoms with van der Waals surface area (Å²) in [5.74, 6) is -0.335. The zero-order valence-corrected chi connectivity index (χ0v) is 13.7. The molecule has 0 N–H and O–H groups in total. The molecule has 0 aliphatic heterocycles. The van der Waals surface area contributed by atoms with E-state index in [0.29, 0.717) is 11.1 Å². The van der Waals surface area contributed by atoms with Crippen LogP contribution in [0.1, 0.15) is 18.4 Å². The van der Waals surface area contributed by atoms with Crippen molar-refractivity contribution in [2.24, 2.45) is 0 Å². The Bertz CT molecular complexity index is 816. The molecule has 0 saturated heterocycles. The van der Waals surface area contributed by atoms with Crippen LogP contribution < -0.4 is 0 Å². The fourth-order valence-corrected chi connectivity index (χ4v) is 2.16. The topological polar surface area (TPSA) is 111 Å². The Balaban J connectivity index is 2.08. The summed E-state index contributed by atoms with van der Waals surface area (Å²) >= 11 is 0. The Morgan fingerprint density at radius 3 is 2.56 bits per heavy atom. The minimum Gasteiger partial charge on any atom is -0.339 e. The van der Waals surface area contributed by atoms with Gasteiger partial charge < -0.3 is 4.90 Å². The van der Waals surface area contributed by atoms with Crippen LogP contribution in [0.5, 0.6) is 0 Å². The van der Waals surface area contributed by atoms with E-state index in [2.05, 4.69) is 15.4 Å². The van der Waals surface area contributed by atoms with Crippen molar-refractivity contribution in [3.63, 3.8) is 0 Å². The molecule has 0 unspecified atom stereocenters. The van der Waals surface area contributed by atoms with Crippen LogP contribution >= 0.6 is 0 Å². The van der Waals surface area contributed by atoms with Crippen molar-refractivity contribution < 1.29 is 9.18 Å². The Kier molecular flexibility index (Phi) is 6.13. The maximum atomic E-state index is 13.3. The fraction of sp³-hybridized carbons (Fsp3) is 0.375. The first-order valence-corrected chi connectivity index (χ1v) is 7.61. The molecule has 128 valence electrons. The predicted octanol–water partition coefficient (Wildman–Crippen LogP) is 1.44. The van der Waals surface area contributed by atoms with Gasteiger partial charge in [0.05, 0.1) is 25.0 Å². The van der Waals surface area contributed by atoms with E-state index in [1.807, 2.05) is 12.1 Å². The highest BCUT2D eigenvalue weighted by atomic mass is 19.1. The quantitative estimate of drug-likeness (QED) is 0.753. The normalized spacial score (nSPS) is 10.1. The van der Waals surface area contributed by atoms with E-state index in [1.165, 1.54) is 17.0 Å². The summed E-state index contributed by atoms with van der Waals surface area (Å²) in [4.78, 5) is 14.9. The lowest BCUT2D eigenvalue weighted by atomic mass is 10.1. The number of nitriles is 2. The van der Waals surface area contributed by atoms with Crippen molar-refractivity contribution in [1.29, 1.82) is 10.5 Å². The smallest absolute Gasteiger partial charge is 0.246 e. The highest BCUT2D eigenvalue weighted by Crippen LogP contribution is 2.17. The molecule has 9 heteroatoms. The van der Waals surface area contributed by atoms with Gasteiger partial charge in [-0.25, -0.2) is 4.39 Å². The van der Waals surface area contributed by atoms with Gasteiger partial charge in [0.1, 0.15) is 12.4 Å². The van der Waals surface area contributed by atoms with Gasteiger partial charge in [0.15, 0.2) is 0 Å². The standard InChI is InChI=1S/C16H16FN7O/c1-12-10-13(4-5-14(12)17)16-20-22-24(21-16)11-15(25)23(8-2-6-18)9-3-7-19/h4-5,10H,2-3,8-9,11H2,1H3. The molecule has 1 heterocycles. The molecule has 1 aromatic carbocycles. The van der Waals surface area contributed by atoms with Gasteiger partial charge in [-0.3, -0.25) is 4.79 Å². The zero-order valence-electron chi connectivity index (χ0n) is 13.7. The van der Waals surface area contributed by atoms with Gasteiger partial charge in [-0.15, -0.1) is 10.2 Å². The van der Waals surface area contributed by atoms with Crippen LogP contribution in [0.2, 0.25) is 0 Å². The number of hydrogen-bond acceptors (Lipinski definition) is 6. The fourth-order valence-electron chi connectivity index (χ4n) is 2.16. The first kappa shape index (κ1) is 18.0. The van der Waals surface area contributed by atoms with Crippen molar-refractivity contribution >= 4 is 5.91 Å². The minimum atomic E-state index is -0.322. The monoisotopic (exact) mass is 341 g/mol. The van der Waals surface area contributed by atoms with Crippen LogP contribution in [-0.2, 0) is 11.3 Å². The molecule has 0 bridgehead atoms. The number of aromatic nitrogens is 4. The Morgan fingerprint density at radius 2 is 1.96 bits per heavy atom. The molecule has 0 saturated carbocycles. The van der Waals surface area contributed by atoms with Crippen LogP contribution in [0.25, 0.3) is 11.4 Å². The van der Waals surface area contributed by atoms with Crippen molar-refractivity contribution in [2.75, 3.05) is 13.1 Å². The third-order valence-electron chi connectivity index (χ3n) is 3.49. The van der Waals surface area contributed by atoms with Gasteiger partial charge in [-0.05, 0) is 35.9 Å². The molecule has 2 rings (SSSR count). The molecule has 0 aliphatic carbocycles. The summed E-state index contributed by atoms with van der Waals surface area (Å²) < 4.78 is 13.3.